The van der Waals surface area contributed by atoms with E-state index in [0.29, 0.717) is 12.5 Å². The van der Waals surface area contributed by atoms with Crippen LogP contribution >= 0.6 is 0 Å². The maximum absolute atomic E-state index is 12.3. The Labute approximate surface area is 117 Å². The van der Waals surface area contributed by atoms with E-state index in [9.17, 15) is 9.00 Å². The SMILES string of the molecule is CCOC(=O)CC(C)S(=O)c1ccc(C(C)C)cc1. The Hall–Kier alpha value is -1.16. The van der Waals surface area contributed by atoms with Gasteiger partial charge in [0.25, 0.3) is 0 Å². The third kappa shape index (κ3) is 4.78. The molecule has 0 N–H and O–H groups in total. The highest BCUT2D eigenvalue weighted by Gasteiger charge is 2.18. The lowest BCUT2D eigenvalue weighted by Gasteiger charge is -2.12. The number of ether oxygens (including phenoxy) is 1. The molecule has 2 atom stereocenters. The van der Waals surface area contributed by atoms with Gasteiger partial charge in [0, 0.05) is 10.1 Å². The minimum absolute atomic E-state index is 0.187. The van der Waals surface area contributed by atoms with E-state index in [-0.39, 0.29) is 17.6 Å². The fourth-order valence-corrected chi connectivity index (χ4v) is 2.91. The van der Waals surface area contributed by atoms with Gasteiger partial charge < -0.3 is 4.74 Å². The zero-order chi connectivity index (χ0) is 14.4. The third-order valence-corrected chi connectivity index (χ3v) is 4.54. The molecule has 1 aromatic rings. The maximum atomic E-state index is 12.3. The third-order valence-electron chi connectivity index (χ3n) is 2.90. The molecule has 0 saturated carbocycles. The zero-order valence-corrected chi connectivity index (χ0v) is 12.8. The molecule has 0 saturated heterocycles. The Balaban J connectivity index is 2.69. The second-order valence-corrected chi connectivity index (χ2v) is 6.71. The summed E-state index contributed by atoms with van der Waals surface area (Å²) in [5.74, 6) is 0.168. The van der Waals surface area contributed by atoms with E-state index in [2.05, 4.69) is 13.8 Å². The lowest BCUT2D eigenvalue weighted by molar-refractivity contribution is -0.143. The highest BCUT2D eigenvalue weighted by Crippen LogP contribution is 2.19. The largest absolute Gasteiger partial charge is 0.466 e. The number of hydrogen-bond donors (Lipinski definition) is 0. The van der Waals surface area contributed by atoms with Gasteiger partial charge >= 0.3 is 5.97 Å². The molecule has 1 aromatic carbocycles. The van der Waals surface area contributed by atoms with Crippen LogP contribution in [-0.4, -0.2) is 22.0 Å². The second-order valence-electron chi connectivity index (χ2n) is 4.84. The molecule has 0 aliphatic rings. The van der Waals surface area contributed by atoms with Crippen molar-refractivity contribution in [2.24, 2.45) is 0 Å². The quantitative estimate of drug-likeness (QED) is 0.752. The minimum Gasteiger partial charge on any atom is -0.466 e. The number of benzene rings is 1. The molecule has 2 unspecified atom stereocenters. The van der Waals surface area contributed by atoms with Crippen molar-refractivity contribution < 1.29 is 13.7 Å². The predicted octanol–water partition coefficient (Wildman–Crippen LogP) is 3.26. The van der Waals surface area contributed by atoms with Crippen LogP contribution in [0.1, 0.15) is 45.6 Å². The summed E-state index contributed by atoms with van der Waals surface area (Å²) in [5.41, 5.74) is 1.22. The molecule has 0 fully saturated rings. The Morgan fingerprint density at radius 2 is 1.79 bits per heavy atom. The monoisotopic (exact) mass is 282 g/mol. The molecule has 0 aliphatic carbocycles. The van der Waals surface area contributed by atoms with Crippen LogP contribution in [0.4, 0.5) is 0 Å². The first kappa shape index (κ1) is 15.9. The van der Waals surface area contributed by atoms with Crippen molar-refractivity contribution in [1.29, 1.82) is 0 Å². The summed E-state index contributed by atoms with van der Waals surface area (Å²) < 4.78 is 17.1. The number of hydrogen-bond acceptors (Lipinski definition) is 3. The first-order valence-corrected chi connectivity index (χ1v) is 7.83. The summed E-state index contributed by atoms with van der Waals surface area (Å²) in [5, 5.41) is -0.232. The van der Waals surface area contributed by atoms with Crippen LogP contribution < -0.4 is 0 Å². The van der Waals surface area contributed by atoms with Crippen LogP contribution in [0.15, 0.2) is 29.2 Å². The van der Waals surface area contributed by atoms with Crippen LogP contribution in [0.25, 0.3) is 0 Å². The maximum Gasteiger partial charge on any atom is 0.306 e. The molecule has 0 aliphatic heterocycles. The summed E-state index contributed by atoms with van der Waals surface area (Å²) in [6.45, 7) is 8.18. The lowest BCUT2D eigenvalue weighted by atomic mass is 10.0. The van der Waals surface area contributed by atoms with E-state index in [1.165, 1.54) is 5.56 Å². The second kappa shape index (κ2) is 7.43. The van der Waals surface area contributed by atoms with Gasteiger partial charge in [-0.2, -0.15) is 0 Å². The van der Waals surface area contributed by atoms with Crippen LogP contribution in [0.5, 0.6) is 0 Å². The normalized spacial score (nSPS) is 14.2. The van der Waals surface area contributed by atoms with Crippen molar-refractivity contribution in [3.63, 3.8) is 0 Å². The molecule has 19 heavy (non-hydrogen) atoms. The average Bonchev–Trinajstić information content (AvgIpc) is 2.38. The highest BCUT2D eigenvalue weighted by atomic mass is 32.2. The fourth-order valence-electron chi connectivity index (χ4n) is 1.75. The van der Waals surface area contributed by atoms with Crippen LogP contribution in [-0.2, 0) is 20.3 Å². The standard InChI is InChI=1S/C15H22O3S/c1-5-18-15(16)10-12(4)19(17)14-8-6-13(7-9-14)11(2)3/h6-9,11-12H,5,10H2,1-4H3. The van der Waals surface area contributed by atoms with E-state index >= 15 is 0 Å². The average molecular weight is 282 g/mol. The van der Waals surface area contributed by atoms with Crippen molar-refractivity contribution in [2.75, 3.05) is 6.61 Å². The summed E-state index contributed by atoms with van der Waals surface area (Å²) >= 11 is 0. The van der Waals surface area contributed by atoms with Crippen molar-refractivity contribution in [3.05, 3.63) is 29.8 Å². The van der Waals surface area contributed by atoms with Gasteiger partial charge in [-0.1, -0.05) is 26.0 Å². The Morgan fingerprint density at radius 3 is 2.26 bits per heavy atom. The first-order valence-electron chi connectivity index (χ1n) is 6.61. The first-order chi connectivity index (χ1) is 8.95. The predicted molar refractivity (Wildman–Crippen MR) is 77.7 cm³/mol. The van der Waals surface area contributed by atoms with Gasteiger partial charge in [0.2, 0.25) is 0 Å². The van der Waals surface area contributed by atoms with E-state index in [1.54, 1.807) is 6.92 Å². The highest BCUT2D eigenvalue weighted by molar-refractivity contribution is 7.85. The Morgan fingerprint density at radius 1 is 1.21 bits per heavy atom. The molecular formula is C15H22O3S. The molecule has 0 radical (unpaired) electrons. The molecule has 0 aromatic heterocycles. The molecule has 4 heteroatoms. The van der Waals surface area contributed by atoms with Gasteiger partial charge in [0.1, 0.15) is 0 Å². The van der Waals surface area contributed by atoms with E-state index in [4.69, 9.17) is 4.74 Å². The summed E-state index contributed by atoms with van der Waals surface area (Å²) in [4.78, 5) is 12.1. The molecule has 0 heterocycles. The number of carbonyl (C=O) groups excluding carboxylic acids is 1. The van der Waals surface area contributed by atoms with Gasteiger partial charge in [-0.3, -0.25) is 9.00 Å². The molecule has 3 nitrogen and oxygen atoms in total. The summed E-state index contributed by atoms with van der Waals surface area (Å²) in [7, 11) is -1.17. The Bertz CT molecular complexity index is 437. The van der Waals surface area contributed by atoms with Crippen LogP contribution in [0.2, 0.25) is 0 Å². The molecular weight excluding hydrogens is 260 g/mol. The van der Waals surface area contributed by atoms with Gasteiger partial charge in [0.05, 0.1) is 23.8 Å². The topological polar surface area (TPSA) is 43.4 Å². The smallest absolute Gasteiger partial charge is 0.306 e. The summed E-state index contributed by atoms with van der Waals surface area (Å²) in [6.07, 6.45) is 0.187. The van der Waals surface area contributed by atoms with E-state index in [0.717, 1.165) is 4.90 Å². The fraction of sp³-hybridized carbons (Fsp3) is 0.533. The van der Waals surface area contributed by atoms with E-state index in [1.807, 2.05) is 31.2 Å². The van der Waals surface area contributed by atoms with Crippen molar-refractivity contribution in [3.8, 4) is 0 Å². The van der Waals surface area contributed by atoms with Gasteiger partial charge in [-0.15, -0.1) is 0 Å². The summed E-state index contributed by atoms with van der Waals surface area (Å²) in [6, 6.07) is 7.75. The molecule has 0 bridgehead atoms. The molecule has 106 valence electrons. The number of carbonyl (C=O) groups is 1. The number of esters is 1. The van der Waals surface area contributed by atoms with Crippen LogP contribution in [0.3, 0.4) is 0 Å². The molecule has 0 amide bonds. The van der Waals surface area contributed by atoms with E-state index < -0.39 is 10.8 Å². The van der Waals surface area contributed by atoms with Gasteiger partial charge in [-0.25, -0.2) is 0 Å². The van der Waals surface area contributed by atoms with Crippen LogP contribution in [0, 0.1) is 0 Å². The Kier molecular flexibility index (Phi) is 6.22. The molecule has 1 rings (SSSR count). The van der Waals surface area contributed by atoms with Crippen molar-refractivity contribution in [1.82, 2.24) is 0 Å². The zero-order valence-electron chi connectivity index (χ0n) is 12.0. The molecule has 0 spiro atoms. The number of rotatable bonds is 6. The lowest BCUT2D eigenvalue weighted by Crippen LogP contribution is -2.18. The minimum atomic E-state index is -1.17. The van der Waals surface area contributed by atoms with Gasteiger partial charge in [0.15, 0.2) is 0 Å². The van der Waals surface area contributed by atoms with Crippen molar-refractivity contribution in [2.45, 2.75) is 50.2 Å². The van der Waals surface area contributed by atoms with Gasteiger partial charge in [-0.05, 0) is 37.5 Å². The van der Waals surface area contributed by atoms with Crippen molar-refractivity contribution >= 4 is 16.8 Å².